The highest BCUT2D eigenvalue weighted by atomic mass is 79.9. The molecular weight excluding hydrogens is 262 g/mol. The van der Waals surface area contributed by atoms with Crippen molar-refractivity contribution in [1.29, 1.82) is 0 Å². The van der Waals surface area contributed by atoms with Crippen LogP contribution in [0.4, 0.5) is 0 Å². The van der Waals surface area contributed by atoms with Crippen LogP contribution in [-0.4, -0.2) is 19.7 Å². The van der Waals surface area contributed by atoms with Crippen LogP contribution in [0.5, 0.6) is 0 Å². The van der Waals surface area contributed by atoms with Crippen molar-refractivity contribution >= 4 is 21.9 Å². The van der Waals surface area contributed by atoms with Gasteiger partial charge in [0.05, 0.1) is 13.7 Å². The van der Waals surface area contributed by atoms with Gasteiger partial charge in [-0.25, -0.2) is 5.90 Å². The summed E-state index contributed by atoms with van der Waals surface area (Å²) >= 11 is 3.36. The number of esters is 1. The maximum atomic E-state index is 11.5. The van der Waals surface area contributed by atoms with E-state index < -0.39 is 5.92 Å². The molecule has 0 heterocycles. The van der Waals surface area contributed by atoms with Crippen molar-refractivity contribution in [3.05, 3.63) is 34.3 Å². The van der Waals surface area contributed by atoms with Gasteiger partial charge in [0, 0.05) is 4.47 Å². The molecule has 0 aliphatic heterocycles. The summed E-state index contributed by atoms with van der Waals surface area (Å²) in [6.45, 7) is 0.0925. The number of hydrogen-bond donors (Lipinski definition) is 1. The highest BCUT2D eigenvalue weighted by Crippen LogP contribution is 2.25. The first-order valence-corrected chi connectivity index (χ1v) is 5.14. The monoisotopic (exact) mass is 273 g/mol. The van der Waals surface area contributed by atoms with E-state index in [-0.39, 0.29) is 12.6 Å². The van der Waals surface area contributed by atoms with Crippen molar-refractivity contribution in [1.82, 2.24) is 0 Å². The number of halogens is 1. The predicted octanol–water partition coefficient (Wildman–Crippen LogP) is 1.60. The van der Waals surface area contributed by atoms with Gasteiger partial charge in [-0.15, -0.1) is 0 Å². The van der Waals surface area contributed by atoms with Crippen LogP contribution in [-0.2, 0) is 14.4 Å². The molecule has 0 amide bonds. The molecular formula is C10H12BrNO3. The minimum atomic E-state index is -0.504. The van der Waals surface area contributed by atoms with Gasteiger partial charge in [0.15, 0.2) is 0 Å². The predicted molar refractivity (Wildman–Crippen MR) is 59.0 cm³/mol. The van der Waals surface area contributed by atoms with E-state index in [4.69, 9.17) is 5.90 Å². The number of rotatable bonds is 4. The number of ether oxygens (including phenoxy) is 1. The van der Waals surface area contributed by atoms with Crippen LogP contribution in [0.1, 0.15) is 11.5 Å². The molecule has 1 atom stereocenters. The van der Waals surface area contributed by atoms with E-state index in [1.54, 1.807) is 0 Å². The van der Waals surface area contributed by atoms with E-state index in [0.717, 1.165) is 10.0 Å². The largest absolute Gasteiger partial charge is 0.468 e. The van der Waals surface area contributed by atoms with E-state index in [2.05, 4.69) is 25.5 Å². The van der Waals surface area contributed by atoms with Crippen LogP contribution in [0.3, 0.4) is 0 Å². The van der Waals surface area contributed by atoms with Crippen molar-refractivity contribution in [3.63, 3.8) is 0 Å². The van der Waals surface area contributed by atoms with Gasteiger partial charge in [0.1, 0.15) is 5.92 Å². The van der Waals surface area contributed by atoms with Crippen LogP contribution >= 0.6 is 15.9 Å². The zero-order valence-electron chi connectivity index (χ0n) is 8.27. The maximum Gasteiger partial charge on any atom is 0.315 e. The normalized spacial score (nSPS) is 12.2. The zero-order valence-corrected chi connectivity index (χ0v) is 9.86. The second-order valence-corrected chi connectivity index (χ2v) is 3.78. The summed E-state index contributed by atoms with van der Waals surface area (Å²) in [5, 5.41) is 0. The lowest BCUT2D eigenvalue weighted by molar-refractivity contribution is -0.144. The summed E-state index contributed by atoms with van der Waals surface area (Å²) in [7, 11) is 1.34. The average molecular weight is 274 g/mol. The molecule has 1 rings (SSSR count). The summed E-state index contributed by atoms with van der Waals surface area (Å²) in [4.78, 5) is 16.0. The first kappa shape index (κ1) is 12.2. The number of hydrogen-bond acceptors (Lipinski definition) is 4. The first-order chi connectivity index (χ1) is 7.20. The number of carbonyl (C=O) groups excluding carboxylic acids is 1. The molecule has 1 unspecified atom stereocenters. The Labute approximate surface area is 96.4 Å². The van der Waals surface area contributed by atoms with Gasteiger partial charge in [0.25, 0.3) is 0 Å². The van der Waals surface area contributed by atoms with Crippen LogP contribution in [0, 0.1) is 0 Å². The Bertz CT molecular complexity index is 343. The Morgan fingerprint density at radius 1 is 1.53 bits per heavy atom. The standard InChI is InChI=1S/C10H12BrNO3/c1-14-10(13)8(6-15-12)7-4-2-3-5-9(7)11/h2-5,8H,6,12H2,1H3. The lowest BCUT2D eigenvalue weighted by Crippen LogP contribution is -2.21. The Morgan fingerprint density at radius 2 is 2.20 bits per heavy atom. The highest BCUT2D eigenvalue weighted by Gasteiger charge is 2.23. The third kappa shape index (κ3) is 3.02. The quantitative estimate of drug-likeness (QED) is 0.669. The van der Waals surface area contributed by atoms with Gasteiger partial charge in [0.2, 0.25) is 0 Å². The third-order valence-electron chi connectivity index (χ3n) is 2.03. The number of benzene rings is 1. The van der Waals surface area contributed by atoms with Crippen molar-refractivity contribution in [2.45, 2.75) is 5.92 Å². The Kier molecular flexibility index (Phi) is 4.74. The van der Waals surface area contributed by atoms with Gasteiger partial charge in [-0.1, -0.05) is 34.1 Å². The maximum absolute atomic E-state index is 11.5. The van der Waals surface area contributed by atoms with E-state index in [9.17, 15) is 4.79 Å². The molecule has 0 radical (unpaired) electrons. The van der Waals surface area contributed by atoms with E-state index in [1.807, 2.05) is 24.3 Å². The van der Waals surface area contributed by atoms with Crippen molar-refractivity contribution in [3.8, 4) is 0 Å². The Balaban J connectivity index is 2.98. The highest BCUT2D eigenvalue weighted by molar-refractivity contribution is 9.10. The molecule has 15 heavy (non-hydrogen) atoms. The fourth-order valence-electron chi connectivity index (χ4n) is 1.28. The molecule has 0 bridgehead atoms. The van der Waals surface area contributed by atoms with Gasteiger partial charge >= 0.3 is 5.97 Å². The summed E-state index contributed by atoms with van der Waals surface area (Å²) in [6.07, 6.45) is 0. The molecule has 5 heteroatoms. The minimum absolute atomic E-state index is 0.0925. The first-order valence-electron chi connectivity index (χ1n) is 4.34. The van der Waals surface area contributed by atoms with Gasteiger partial charge < -0.3 is 9.57 Å². The fraction of sp³-hybridized carbons (Fsp3) is 0.300. The summed E-state index contributed by atoms with van der Waals surface area (Å²) in [6, 6.07) is 7.38. The molecule has 0 saturated carbocycles. The van der Waals surface area contributed by atoms with Crippen LogP contribution in [0.25, 0.3) is 0 Å². The molecule has 2 N–H and O–H groups in total. The van der Waals surface area contributed by atoms with Gasteiger partial charge in [-0.2, -0.15) is 0 Å². The number of carbonyl (C=O) groups is 1. The van der Waals surface area contributed by atoms with Crippen LogP contribution < -0.4 is 5.90 Å². The molecule has 82 valence electrons. The molecule has 0 aromatic heterocycles. The van der Waals surface area contributed by atoms with Crippen LogP contribution in [0.15, 0.2) is 28.7 Å². The SMILES string of the molecule is COC(=O)C(CON)c1ccccc1Br. The summed E-state index contributed by atoms with van der Waals surface area (Å²) < 4.78 is 5.51. The zero-order chi connectivity index (χ0) is 11.3. The van der Waals surface area contributed by atoms with E-state index in [0.29, 0.717) is 0 Å². The van der Waals surface area contributed by atoms with Crippen molar-refractivity contribution < 1.29 is 14.4 Å². The average Bonchev–Trinajstić information content (AvgIpc) is 2.26. The fourth-order valence-corrected chi connectivity index (χ4v) is 1.84. The minimum Gasteiger partial charge on any atom is -0.468 e. The second-order valence-electron chi connectivity index (χ2n) is 2.93. The van der Waals surface area contributed by atoms with Crippen molar-refractivity contribution in [2.24, 2.45) is 5.90 Å². The van der Waals surface area contributed by atoms with Crippen molar-refractivity contribution in [2.75, 3.05) is 13.7 Å². The molecule has 4 nitrogen and oxygen atoms in total. The molecule has 1 aromatic rings. The number of nitrogens with two attached hydrogens (primary N) is 1. The summed E-state index contributed by atoms with van der Waals surface area (Å²) in [5.74, 6) is 4.11. The molecule has 0 fully saturated rings. The third-order valence-corrected chi connectivity index (χ3v) is 2.75. The molecule has 0 aliphatic rings. The van der Waals surface area contributed by atoms with E-state index >= 15 is 0 Å². The second kappa shape index (κ2) is 5.85. The van der Waals surface area contributed by atoms with Gasteiger partial charge in [-0.05, 0) is 11.6 Å². The molecule has 0 spiro atoms. The molecule has 1 aromatic carbocycles. The lowest BCUT2D eigenvalue weighted by Gasteiger charge is -2.14. The topological polar surface area (TPSA) is 61.5 Å². The Hall–Kier alpha value is -0.910. The number of methoxy groups -OCH3 is 1. The smallest absolute Gasteiger partial charge is 0.315 e. The van der Waals surface area contributed by atoms with E-state index in [1.165, 1.54) is 7.11 Å². The van der Waals surface area contributed by atoms with Crippen LogP contribution in [0.2, 0.25) is 0 Å². The Morgan fingerprint density at radius 3 is 2.73 bits per heavy atom. The molecule has 0 saturated heterocycles. The van der Waals surface area contributed by atoms with Gasteiger partial charge in [-0.3, -0.25) is 4.79 Å². The lowest BCUT2D eigenvalue weighted by atomic mass is 10.0. The summed E-state index contributed by atoms with van der Waals surface area (Å²) in [5.41, 5.74) is 0.801. The molecule has 0 aliphatic carbocycles.